The van der Waals surface area contributed by atoms with Crippen molar-refractivity contribution in [1.29, 1.82) is 0 Å². The molecular weight excluding hydrogens is 440 g/mol. The van der Waals surface area contributed by atoms with Crippen LogP contribution in [0.4, 0.5) is 16.2 Å². The van der Waals surface area contributed by atoms with Gasteiger partial charge in [-0.25, -0.2) is 13.2 Å². The predicted octanol–water partition coefficient (Wildman–Crippen LogP) is 5.99. The monoisotopic (exact) mass is 460 g/mol. The van der Waals surface area contributed by atoms with Gasteiger partial charge >= 0.3 is 6.03 Å². The number of carbonyl (C=O) groups is 1. The SMILES string of the molecule is CSc1ccc(NC(=O)Nc2ccc(C)c(S(=O)(=O)Cc3ccc(Cl)cc3)c2)cc1. The Labute approximate surface area is 185 Å². The minimum atomic E-state index is -3.60. The molecule has 0 aromatic heterocycles. The summed E-state index contributed by atoms with van der Waals surface area (Å²) in [5.74, 6) is -0.150. The number of anilines is 2. The number of halogens is 1. The van der Waals surface area contributed by atoms with Crippen molar-refractivity contribution in [1.82, 2.24) is 0 Å². The molecule has 0 saturated carbocycles. The lowest BCUT2D eigenvalue weighted by molar-refractivity contribution is 0.262. The zero-order chi connectivity index (χ0) is 21.7. The zero-order valence-electron chi connectivity index (χ0n) is 16.5. The number of benzene rings is 3. The molecule has 2 amide bonds. The molecule has 0 bridgehead atoms. The van der Waals surface area contributed by atoms with Crippen LogP contribution in [0.25, 0.3) is 0 Å². The minimum absolute atomic E-state index is 0.150. The highest BCUT2D eigenvalue weighted by Crippen LogP contribution is 2.25. The second-order valence-corrected chi connectivity index (χ2v) is 9.95. The Kier molecular flexibility index (Phi) is 7.07. The summed E-state index contributed by atoms with van der Waals surface area (Å²) in [6.45, 7) is 1.73. The van der Waals surface area contributed by atoms with Crippen molar-refractivity contribution in [2.24, 2.45) is 0 Å². The molecule has 156 valence electrons. The summed E-state index contributed by atoms with van der Waals surface area (Å²) in [5.41, 5.74) is 2.30. The van der Waals surface area contributed by atoms with Gasteiger partial charge in [0.2, 0.25) is 0 Å². The summed E-state index contributed by atoms with van der Waals surface area (Å²) in [7, 11) is -3.60. The summed E-state index contributed by atoms with van der Waals surface area (Å²) < 4.78 is 25.9. The van der Waals surface area contributed by atoms with Crippen LogP contribution in [0.2, 0.25) is 5.02 Å². The molecule has 0 aliphatic rings. The van der Waals surface area contributed by atoms with Gasteiger partial charge in [-0.1, -0.05) is 29.8 Å². The number of nitrogens with one attached hydrogen (secondary N) is 2. The van der Waals surface area contributed by atoms with E-state index in [1.807, 2.05) is 30.5 Å². The van der Waals surface area contributed by atoms with Gasteiger partial charge in [0.05, 0.1) is 10.6 Å². The van der Waals surface area contributed by atoms with Crippen LogP contribution in [-0.2, 0) is 15.6 Å². The van der Waals surface area contributed by atoms with Crippen LogP contribution < -0.4 is 10.6 Å². The summed E-state index contributed by atoms with van der Waals surface area (Å²) in [5, 5.41) is 5.98. The molecule has 0 aliphatic heterocycles. The minimum Gasteiger partial charge on any atom is -0.308 e. The van der Waals surface area contributed by atoms with Crippen molar-refractivity contribution in [3.05, 3.63) is 82.9 Å². The number of sulfone groups is 1. The van der Waals surface area contributed by atoms with Gasteiger partial charge in [0, 0.05) is 21.3 Å². The maximum Gasteiger partial charge on any atom is 0.323 e. The summed E-state index contributed by atoms with van der Waals surface area (Å²) in [6, 6.07) is 18.5. The second-order valence-electron chi connectivity index (χ2n) is 6.67. The van der Waals surface area contributed by atoms with Crippen LogP contribution in [0.15, 0.2) is 76.5 Å². The Balaban J connectivity index is 1.75. The third-order valence-electron chi connectivity index (χ3n) is 4.40. The van der Waals surface area contributed by atoms with Crippen LogP contribution >= 0.6 is 23.4 Å². The van der Waals surface area contributed by atoms with Gasteiger partial charge in [0.25, 0.3) is 0 Å². The predicted molar refractivity (Wildman–Crippen MR) is 124 cm³/mol. The van der Waals surface area contributed by atoms with Crippen molar-refractivity contribution in [2.45, 2.75) is 22.5 Å². The van der Waals surface area contributed by atoms with Gasteiger partial charge in [-0.2, -0.15) is 0 Å². The first kappa shape index (κ1) is 22.2. The van der Waals surface area contributed by atoms with E-state index in [0.717, 1.165) is 4.90 Å². The molecule has 8 heteroatoms. The summed E-state index contributed by atoms with van der Waals surface area (Å²) >= 11 is 7.48. The number of urea groups is 1. The smallest absolute Gasteiger partial charge is 0.308 e. The van der Waals surface area contributed by atoms with Crippen molar-refractivity contribution in [3.8, 4) is 0 Å². The highest BCUT2D eigenvalue weighted by Gasteiger charge is 2.19. The summed E-state index contributed by atoms with van der Waals surface area (Å²) in [4.78, 5) is 13.6. The average molecular weight is 461 g/mol. The number of carbonyl (C=O) groups excluding carboxylic acids is 1. The largest absolute Gasteiger partial charge is 0.323 e. The first-order valence-electron chi connectivity index (χ1n) is 9.07. The van der Waals surface area contributed by atoms with E-state index in [2.05, 4.69) is 10.6 Å². The Bertz CT molecular complexity index is 1150. The van der Waals surface area contributed by atoms with Gasteiger partial charge < -0.3 is 10.6 Å². The number of rotatable bonds is 6. The maximum atomic E-state index is 12.9. The van der Waals surface area contributed by atoms with Crippen LogP contribution in [0.3, 0.4) is 0 Å². The van der Waals surface area contributed by atoms with Crippen LogP contribution in [0.1, 0.15) is 11.1 Å². The fourth-order valence-corrected chi connectivity index (χ4v) is 5.04. The normalized spacial score (nSPS) is 11.2. The number of hydrogen-bond acceptors (Lipinski definition) is 4. The van der Waals surface area contributed by atoms with E-state index in [1.54, 1.807) is 55.1 Å². The van der Waals surface area contributed by atoms with E-state index in [-0.39, 0.29) is 10.6 Å². The van der Waals surface area contributed by atoms with Crippen molar-refractivity contribution in [3.63, 3.8) is 0 Å². The lowest BCUT2D eigenvalue weighted by Gasteiger charge is -2.12. The lowest BCUT2D eigenvalue weighted by atomic mass is 10.2. The van der Waals surface area contributed by atoms with E-state index < -0.39 is 15.9 Å². The first-order chi connectivity index (χ1) is 14.3. The molecule has 0 saturated heterocycles. The first-order valence-corrected chi connectivity index (χ1v) is 12.3. The standard InChI is InChI=1S/C22H21ClN2O3S2/c1-15-3-8-19(25-22(26)24-18-9-11-20(29-2)12-10-18)13-21(15)30(27,28)14-16-4-6-17(23)7-5-16/h3-13H,14H2,1-2H3,(H2,24,25,26). The Hall–Kier alpha value is -2.48. The van der Waals surface area contributed by atoms with E-state index >= 15 is 0 Å². The molecule has 0 spiro atoms. The Morgan fingerprint density at radius 3 is 2.17 bits per heavy atom. The van der Waals surface area contributed by atoms with Gasteiger partial charge in [0.1, 0.15) is 0 Å². The molecule has 3 rings (SSSR count). The topological polar surface area (TPSA) is 75.3 Å². The number of amides is 2. The van der Waals surface area contributed by atoms with E-state index in [4.69, 9.17) is 11.6 Å². The van der Waals surface area contributed by atoms with Crippen molar-refractivity contribution >= 4 is 50.6 Å². The molecule has 0 unspecified atom stereocenters. The molecule has 3 aromatic rings. The maximum absolute atomic E-state index is 12.9. The second kappa shape index (κ2) is 9.55. The third-order valence-corrected chi connectivity index (χ3v) is 7.22. The van der Waals surface area contributed by atoms with E-state index in [1.165, 1.54) is 6.07 Å². The summed E-state index contributed by atoms with van der Waals surface area (Å²) in [6.07, 6.45) is 1.98. The molecule has 0 aliphatic carbocycles. The lowest BCUT2D eigenvalue weighted by Crippen LogP contribution is -2.19. The fraction of sp³-hybridized carbons (Fsp3) is 0.136. The van der Waals surface area contributed by atoms with Crippen molar-refractivity contribution < 1.29 is 13.2 Å². The number of aryl methyl sites for hydroxylation is 1. The van der Waals surface area contributed by atoms with E-state index in [9.17, 15) is 13.2 Å². The van der Waals surface area contributed by atoms with Crippen LogP contribution in [0, 0.1) is 6.92 Å². The van der Waals surface area contributed by atoms with Crippen molar-refractivity contribution in [2.75, 3.05) is 16.9 Å². The van der Waals surface area contributed by atoms with Gasteiger partial charge in [-0.15, -0.1) is 11.8 Å². The van der Waals surface area contributed by atoms with E-state index in [0.29, 0.717) is 27.5 Å². The molecule has 0 heterocycles. The Morgan fingerprint density at radius 1 is 0.933 bits per heavy atom. The van der Waals surface area contributed by atoms with Gasteiger partial charge in [-0.3, -0.25) is 0 Å². The molecule has 0 fully saturated rings. The molecule has 2 N–H and O–H groups in total. The molecule has 30 heavy (non-hydrogen) atoms. The van der Waals surface area contributed by atoms with Crippen LogP contribution in [-0.4, -0.2) is 20.7 Å². The number of hydrogen-bond donors (Lipinski definition) is 2. The molecule has 0 atom stereocenters. The molecule has 5 nitrogen and oxygen atoms in total. The van der Waals surface area contributed by atoms with Crippen LogP contribution in [0.5, 0.6) is 0 Å². The van der Waals surface area contributed by atoms with Gasteiger partial charge in [-0.05, 0) is 72.8 Å². The fourth-order valence-electron chi connectivity index (χ4n) is 2.86. The molecule has 3 aromatic carbocycles. The number of thioether (sulfide) groups is 1. The molecule has 0 radical (unpaired) electrons. The average Bonchev–Trinajstić information content (AvgIpc) is 2.71. The quantitative estimate of drug-likeness (QED) is 0.443. The highest BCUT2D eigenvalue weighted by molar-refractivity contribution is 7.98. The highest BCUT2D eigenvalue weighted by atomic mass is 35.5. The zero-order valence-corrected chi connectivity index (χ0v) is 18.9. The Morgan fingerprint density at radius 2 is 1.53 bits per heavy atom. The third kappa shape index (κ3) is 5.78. The van der Waals surface area contributed by atoms with Gasteiger partial charge in [0.15, 0.2) is 9.84 Å². The molecular formula is C22H21ClN2O3S2.